The number of nitrogens with two attached hydrogens (primary N) is 1. The minimum absolute atomic E-state index is 0.262. The summed E-state index contributed by atoms with van der Waals surface area (Å²) in [6.07, 6.45) is 8.86. The summed E-state index contributed by atoms with van der Waals surface area (Å²) in [7, 11) is 0. The predicted molar refractivity (Wildman–Crippen MR) is 59.1 cm³/mol. The molecule has 0 saturated carbocycles. The van der Waals surface area contributed by atoms with Crippen LogP contribution < -0.4 is 5.73 Å². The van der Waals surface area contributed by atoms with Gasteiger partial charge in [0.15, 0.2) is 0 Å². The summed E-state index contributed by atoms with van der Waals surface area (Å²) in [6, 6.07) is 4.17. The van der Waals surface area contributed by atoms with Gasteiger partial charge in [-0.25, -0.2) is 0 Å². The minimum Gasteiger partial charge on any atom is -0.469 e. The monoisotopic (exact) mass is 195 g/mol. The van der Waals surface area contributed by atoms with Crippen molar-refractivity contribution >= 4 is 0 Å². The van der Waals surface area contributed by atoms with Gasteiger partial charge in [0.05, 0.1) is 6.26 Å². The van der Waals surface area contributed by atoms with Crippen LogP contribution in [0.1, 0.15) is 44.8 Å². The molecule has 2 N–H and O–H groups in total. The molecular formula is C12H21NO. The Morgan fingerprint density at radius 1 is 1.36 bits per heavy atom. The molecule has 0 aliphatic carbocycles. The van der Waals surface area contributed by atoms with E-state index in [4.69, 9.17) is 10.2 Å². The third-order valence-corrected chi connectivity index (χ3v) is 2.47. The molecule has 1 aromatic heterocycles. The molecule has 1 atom stereocenters. The van der Waals surface area contributed by atoms with Gasteiger partial charge in [0, 0.05) is 12.5 Å². The van der Waals surface area contributed by atoms with E-state index in [1.165, 1.54) is 25.7 Å². The van der Waals surface area contributed by atoms with Crippen molar-refractivity contribution in [3.05, 3.63) is 24.2 Å². The molecule has 0 aliphatic heterocycles. The van der Waals surface area contributed by atoms with Crippen molar-refractivity contribution in [1.29, 1.82) is 0 Å². The number of rotatable bonds is 7. The number of unbranched alkanes of at least 4 members (excludes halogenated alkanes) is 3. The first-order chi connectivity index (χ1) is 6.83. The fraction of sp³-hybridized carbons (Fsp3) is 0.667. The maximum atomic E-state index is 5.99. The van der Waals surface area contributed by atoms with E-state index in [0.717, 1.165) is 18.6 Å². The van der Waals surface area contributed by atoms with E-state index >= 15 is 0 Å². The zero-order chi connectivity index (χ0) is 10.2. The van der Waals surface area contributed by atoms with Gasteiger partial charge < -0.3 is 10.2 Å². The zero-order valence-corrected chi connectivity index (χ0v) is 9.04. The van der Waals surface area contributed by atoms with Crippen LogP contribution in [0, 0.1) is 0 Å². The first kappa shape index (κ1) is 11.3. The standard InChI is InChI=1S/C12H21NO/c1-2-3-4-5-7-11(13)10-12-8-6-9-14-12/h6,8-9,11H,2-5,7,10,13H2,1H3. The average Bonchev–Trinajstić information content (AvgIpc) is 2.65. The Labute approximate surface area is 86.5 Å². The van der Waals surface area contributed by atoms with E-state index in [1.807, 2.05) is 12.1 Å². The summed E-state index contributed by atoms with van der Waals surface area (Å²) in [6.45, 7) is 2.22. The highest BCUT2D eigenvalue weighted by atomic mass is 16.3. The van der Waals surface area contributed by atoms with E-state index in [-0.39, 0.29) is 6.04 Å². The molecule has 14 heavy (non-hydrogen) atoms. The van der Waals surface area contributed by atoms with Gasteiger partial charge in [-0.2, -0.15) is 0 Å². The van der Waals surface area contributed by atoms with Crippen LogP contribution in [0.15, 0.2) is 22.8 Å². The Balaban J connectivity index is 2.07. The SMILES string of the molecule is CCCCCCC(N)Cc1ccco1. The molecule has 1 heterocycles. The van der Waals surface area contributed by atoms with Crippen molar-refractivity contribution in [1.82, 2.24) is 0 Å². The molecule has 2 heteroatoms. The Bertz CT molecular complexity index is 218. The molecule has 1 aromatic rings. The Morgan fingerprint density at radius 3 is 2.86 bits per heavy atom. The maximum absolute atomic E-state index is 5.99. The van der Waals surface area contributed by atoms with Crippen LogP contribution in [0.25, 0.3) is 0 Å². The van der Waals surface area contributed by atoms with Crippen molar-refractivity contribution < 1.29 is 4.42 Å². The molecule has 1 rings (SSSR count). The van der Waals surface area contributed by atoms with Crippen LogP contribution in [-0.4, -0.2) is 6.04 Å². The molecule has 0 fully saturated rings. The summed E-state index contributed by atoms with van der Waals surface area (Å²) >= 11 is 0. The summed E-state index contributed by atoms with van der Waals surface area (Å²) in [4.78, 5) is 0. The van der Waals surface area contributed by atoms with E-state index in [0.29, 0.717) is 0 Å². The first-order valence-corrected chi connectivity index (χ1v) is 5.61. The van der Waals surface area contributed by atoms with Gasteiger partial charge in [0.1, 0.15) is 5.76 Å². The highest BCUT2D eigenvalue weighted by Gasteiger charge is 2.05. The van der Waals surface area contributed by atoms with Crippen LogP contribution in [0.3, 0.4) is 0 Å². The van der Waals surface area contributed by atoms with Gasteiger partial charge in [-0.15, -0.1) is 0 Å². The molecule has 0 aliphatic rings. The van der Waals surface area contributed by atoms with Crippen LogP contribution in [-0.2, 0) is 6.42 Å². The summed E-state index contributed by atoms with van der Waals surface area (Å²) < 4.78 is 5.25. The molecule has 80 valence electrons. The van der Waals surface area contributed by atoms with Gasteiger partial charge in [-0.1, -0.05) is 32.6 Å². The topological polar surface area (TPSA) is 39.2 Å². The lowest BCUT2D eigenvalue weighted by Gasteiger charge is -2.08. The fourth-order valence-electron chi connectivity index (χ4n) is 1.62. The van der Waals surface area contributed by atoms with Crippen LogP contribution in [0.5, 0.6) is 0 Å². The van der Waals surface area contributed by atoms with E-state index in [9.17, 15) is 0 Å². The smallest absolute Gasteiger partial charge is 0.105 e. The number of hydrogen-bond donors (Lipinski definition) is 1. The fourth-order valence-corrected chi connectivity index (χ4v) is 1.62. The van der Waals surface area contributed by atoms with Gasteiger partial charge in [-0.05, 0) is 18.6 Å². The van der Waals surface area contributed by atoms with Crippen molar-refractivity contribution in [3.8, 4) is 0 Å². The molecular weight excluding hydrogens is 174 g/mol. The molecule has 0 radical (unpaired) electrons. The normalized spacial score (nSPS) is 13.0. The van der Waals surface area contributed by atoms with E-state index < -0.39 is 0 Å². The first-order valence-electron chi connectivity index (χ1n) is 5.61. The second kappa shape index (κ2) is 6.66. The van der Waals surface area contributed by atoms with E-state index in [1.54, 1.807) is 6.26 Å². The van der Waals surface area contributed by atoms with Crippen molar-refractivity contribution in [2.24, 2.45) is 5.73 Å². The zero-order valence-electron chi connectivity index (χ0n) is 9.04. The number of hydrogen-bond acceptors (Lipinski definition) is 2. The predicted octanol–water partition coefficient (Wildman–Crippen LogP) is 3.12. The molecule has 1 unspecified atom stereocenters. The Kier molecular flexibility index (Phi) is 5.38. The van der Waals surface area contributed by atoms with Gasteiger partial charge >= 0.3 is 0 Å². The van der Waals surface area contributed by atoms with Crippen molar-refractivity contribution in [3.63, 3.8) is 0 Å². The Hall–Kier alpha value is -0.760. The van der Waals surface area contributed by atoms with Gasteiger partial charge in [-0.3, -0.25) is 0 Å². The summed E-state index contributed by atoms with van der Waals surface area (Å²) in [5, 5.41) is 0. The molecule has 0 bridgehead atoms. The van der Waals surface area contributed by atoms with Crippen LogP contribution in [0.2, 0.25) is 0 Å². The quantitative estimate of drug-likeness (QED) is 0.679. The largest absolute Gasteiger partial charge is 0.469 e. The number of furan rings is 1. The molecule has 0 amide bonds. The molecule has 0 aromatic carbocycles. The van der Waals surface area contributed by atoms with Gasteiger partial charge in [0.2, 0.25) is 0 Å². The van der Waals surface area contributed by atoms with E-state index in [2.05, 4.69) is 6.92 Å². The lowest BCUT2D eigenvalue weighted by atomic mass is 10.0. The van der Waals surface area contributed by atoms with Crippen LogP contribution >= 0.6 is 0 Å². The van der Waals surface area contributed by atoms with Crippen molar-refractivity contribution in [2.75, 3.05) is 0 Å². The second-order valence-corrected chi connectivity index (χ2v) is 3.89. The molecule has 2 nitrogen and oxygen atoms in total. The minimum atomic E-state index is 0.262. The second-order valence-electron chi connectivity index (χ2n) is 3.89. The third kappa shape index (κ3) is 4.47. The maximum Gasteiger partial charge on any atom is 0.105 e. The summed E-state index contributed by atoms with van der Waals surface area (Å²) in [5.74, 6) is 1.01. The lowest BCUT2D eigenvalue weighted by Crippen LogP contribution is -2.22. The highest BCUT2D eigenvalue weighted by molar-refractivity contribution is 4.99. The third-order valence-electron chi connectivity index (χ3n) is 2.47. The van der Waals surface area contributed by atoms with Crippen molar-refractivity contribution in [2.45, 2.75) is 51.5 Å². The van der Waals surface area contributed by atoms with Gasteiger partial charge in [0.25, 0.3) is 0 Å². The molecule has 0 spiro atoms. The average molecular weight is 195 g/mol. The highest BCUT2D eigenvalue weighted by Crippen LogP contribution is 2.09. The Morgan fingerprint density at radius 2 is 2.21 bits per heavy atom. The summed E-state index contributed by atoms with van der Waals surface area (Å²) in [5.41, 5.74) is 5.99. The lowest BCUT2D eigenvalue weighted by molar-refractivity contribution is 0.463. The molecule has 0 saturated heterocycles. The van der Waals surface area contributed by atoms with Crippen LogP contribution in [0.4, 0.5) is 0 Å².